The summed E-state index contributed by atoms with van der Waals surface area (Å²) in [5.74, 6) is 1.13. The van der Waals surface area contributed by atoms with Gasteiger partial charge in [-0.1, -0.05) is 54.6 Å². The van der Waals surface area contributed by atoms with Gasteiger partial charge in [-0.3, -0.25) is 0 Å². The average molecular weight is 264 g/mol. The first-order chi connectivity index (χ1) is 9.74. The van der Waals surface area contributed by atoms with E-state index in [0.29, 0.717) is 5.75 Å². The second kappa shape index (κ2) is 4.89. The second-order valence-corrected chi connectivity index (χ2v) is 4.79. The van der Waals surface area contributed by atoms with E-state index in [9.17, 15) is 5.11 Å². The molecule has 1 N–H and O–H groups in total. The number of hydrogen-bond acceptors (Lipinski definition) is 2. The molecule has 0 aromatic heterocycles. The van der Waals surface area contributed by atoms with Crippen molar-refractivity contribution in [3.05, 3.63) is 60.2 Å². The van der Waals surface area contributed by atoms with Crippen molar-refractivity contribution in [3.63, 3.8) is 0 Å². The highest BCUT2D eigenvalue weighted by molar-refractivity contribution is 6.01. The van der Waals surface area contributed by atoms with Crippen molar-refractivity contribution >= 4 is 10.8 Å². The van der Waals surface area contributed by atoms with E-state index in [0.717, 1.165) is 33.2 Å². The molecule has 0 aliphatic carbocycles. The third-order valence-electron chi connectivity index (χ3n) is 3.65. The van der Waals surface area contributed by atoms with Gasteiger partial charge >= 0.3 is 0 Å². The molecule has 100 valence electrons. The lowest BCUT2D eigenvalue weighted by atomic mass is 9.94. The van der Waals surface area contributed by atoms with Gasteiger partial charge in [-0.2, -0.15) is 0 Å². The quantitative estimate of drug-likeness (QED) is 0.737. The molecule has 0 saturated carbocycles. The van der Waals surface area contributed by atoms with Gasteiger partial charge in [0, 0.05) is 21.9 Å². The van der Waals surface area contributed by atoms with Crippen LogP contribution >= 0.6 is 0 Å². The van der Waals surface area contributed by atoms with Crippen LogP contribution in [0.25, 0.3) is 21.9 Å². The smallest absolute Gasteiger partial charge is 0.131 e. The molecule has 2 heteroatoms. The van der Waals surface area contributed by atoms with E-state index < -0.39 is 0 Å². The fourth-order valence-electron chi connectivity index (χ4n) is 2.74. The molecule has 0 aliphatic heterocycles. The Hall–Kier alpha value is -2.48. The van der Waals surface area contributed by atoms with E-state index in [1.807, 2.05) is 61.5 Å². The largest absolute Gasteiger partial charge is 0.507 e. The Bertz CT molecular complexity index is 761. The van der Waals surface area contributed by atoms with E-state index in [1.165, 1.54) is 0 Å². The predicted molar refractivity (Wildman–Crippen MR) is 82.3 cm³/mol. The molecule has 3 rings (SSSR count). The first-order valence-electron chi connectivity index (χ1n) is 6.57. The molecule has 0 fully saturated rings. The van der Waals surface area contributed by atoms with Crippen molar-refractivity contribution in [1.29, 1.82) is 0 Å². The number of ether oxygens (including phenoxy) is 1. The van der Waals surface area contributed by atoms with Crippen LogP contribution in [-0.4, -0.2) is 12.2 Å². The predicted octanol–water partition coefficient (Wildman–Crippen LogP) is 4.53. The number of phenolic OH excluding ortho intramolecular Hbond substituents is 1. The Balaban J connectivity index is 2.44. The number of fused-ring (bicyclic) bond motifs is 1. The van der Waals surface area contributed by atoms with Gasteiger partial charge in [0.25, 0.3) is 0 Å². The number of aromatic hydroxyl groups is 1. The van der Waals surface area contributed by atoms with Crippen LogP contribution in [0.1, 0.15) is 5.56 Å². The van der Waals surface area contributed by atoms with Crippen LogP contribution < -0.4 is 4.74 Å². The maximum atomic E-state index is 10.6. The highest BCUT2D eigenvalue weighted by atomic mass is 16.5. The van der Waals surface area contributed by atoms with E-state index in [1.54, 1.807) is 7.11 Å². The van der Waals surface area contributed by atoms with Crippen molar-refractivity contribution < 1.29 is 9.84 Å². The van der Waals surface area contributed by atoms with Crippen LogP contribution in [0.15, 0.2) is 54.6 Å². The summed E-state index contributed by atoms with van der Waals surface area (Å²) in [4.78, 5) is 0. The minimum absolute atomic E-state index is 0.310. The SMILES string of the molecule is COc1c(C)c(-c2ccccc2)c(O)c2ccccc12. The Morgan fingerprint density at radius 2 is 1.45 bits per heavy atom. The molecule has 20 heavy (non-hydrogen) atoms. The Morgan fingerprint density at radius 3 is 2.10 bits per heavy atom. The third kappa shape index (κ3) is 1.81. The van der Waals surface area contributed by atoms with Crippen LogP contribution in [-0.2, 0) is 0 Å². The number of rotatable bonds is 2. The maximum Gasteiger partial charge on any atom is 0.131 e. The second-order valence-electron chi connectivity index (χ2n) is 4.79. The normalized spacial score (nSPS) is 10.7. The zero-order valence-electron chi connectivity index (χ0n) is 11.6. The minimum atomic E-state index is 0.310. The van der Waals surface area contributed by atoms with Crippen LogP contribution in [0, 0.1) is 6.92 Å². The summed E-state index contributed by atoms with van der Waals surface area (Å²) in [6.07, 6.45) is 0. The Labute approximate surface area is 118 Å². The summed E-state index contributed by atoms with van der Waals surface area (Å²) >= 11 is 0. The highest BCUT2D eigenvalue weighted by Crippen LogP contribution is 2.44. The molecule has 0 radical (unpaired) electrons. The van der Waals surface area contributed by atoms with Gasteiger partial charge in [-0.05, 0) is 12.5 Å². The fraction of sp³-hybridized carbons (Fsp3) is 0.111. The molecule has 3 aromatic rings. The van der Waals surface area contributed by atoms with Crippen molar-refractivity contribution in [3.8, 4) is 22.6 Å². The lowest BCUT2D eigenvalue weighted by Crippen LogP contribution is -1.93. The molecule has 0 aliphatic rings. The lowest BCUT2D eigenvalue weighted by Gasteiger charge is -2.16. The van der Waals surface area contributed by atoms with E-state index in [-0.39, 0.29) is 0 Å². The fourth-order valence-corrected chi connectivity index (χ4v) is 2.74. The number of phenols is 1. The first-order valence-corrected chi connectivity index (χ1v) is 6.57. The van der Waals surface area contributed by atoms with Crippen molar-refractivity contribution in [2.45, 2.75) is 6.92 Å². The monoisotopic (exact) mass is 264 g/mol. The molecule has 3 aromatic carbocycles. The van der Waals surface area contributed by atoms with Crippen molar-refractivity contribution in [2.24, 2.45) is 0 Å². The van der Waals surface area contributed by atoms with Gasteiger partial charge in [-0.15, -0.1) is 0 Å². The summed E-state index contributed by atoms with van der Waals surface area (Å²) in [6.45, 7) is 1.98. The zero-order chi connectivity index (χ0) is 14.1. The molecule has 0 heterocycles. The molecule has 0 atom stereocenters. The first kappa shape index (κ1) is 12.5. The van der Waals surface area contributed by atoms with Crippen LogP contribution in [0.3, 0.4) is 0 Å². The zero-order valence-corrected chi connectivity index (χ0v) is 11.6. The minimum Gasteiger partial charge on any atom is -0.507 e. The number of methoxy groups -OCH3 is 1. The molecular formula is C18H16O2. The van der Waals surface area contributed by atoms with E-state index in [2.05, 4.69) is 0 Å². The molecule has 0 spiro atoms. The van der Waals surface area contributed by atoms with Crippen molar-refractivity contribution in [2.75, 3.05) is 7.11 Å². The van der Waals surface area contributed by atoms with Gasteiger partial charge in [-0.25, -0.2) is 0 Å². The molecule has 2 nitrogen and oxygen atoms in total. The highest BCUT2D eigenvalue weighted by Gasteiger charge is 2.17. The van der Waals surface area contributed by atoms with Gasteiger partial charge < -0.3 is 9.84 Å². The molecular weight excluding hydrogens is 248 g/mol. The third-order valence-corrected chi connectivity index (χ3v) is 3.65. The van der Waals surface area contributed by atoms with Crippen molar-refractivity contribution in [1.82, 2.24) is 0 Å². The number of hydrogen-bond donors (Lipinski definition) is 1. The standard InChI is InChI=1S/C18H16O2/c1-12-16(13-8-4-3-5-9-13)17(19)14-10-6-7-11-15(14)18(12)20-2/h3-11,19H,1-2H3. The Morgan fingerprint density at radius 1 is 0.850 bits per heavy atom. The summed E-state index contributed by atoms with van der Waals surface area (Å²) < 4.78 is 5.56. The van der Waals surface area contributed by atoms with Gasteiger partial charge in [0.05, 0.1) is 7.11 Å². The van der Waals surface area contributed by atoms with E-state index >= 15 is 0 Å². The maximum absolute atomic E-state index is 10.6. The molecule has 0 saturated heterocycles. The van der Waals surface area contributed by atoms with Gasteiger partial charge in [0.2, 0.25) is 0 Å². The van der Waals surface area contributed by atoms with Gasteiger partial charge in [0.1, 0.15) is 11.5 Å². The lowest BCUT2D eigenvalue weighted by molar-refractivity contribution is 0.415. The van der Waals surface area contributed by atoms with Crippen LogP contribution in [0.4, 0.5) is 0 Å². The molecule has 0 bridgehead atoms. The summed E-state index contributed by atoms with van der Waals surface area (Å²) in [5, 5.41) is 12.4. The van der Waals surface area contributed by atoms with E-state index in [4.69, 9.17) is 4.74 Å². The molecule has 0 amide bonds. The Kier molecular flexibility index (Phi) is 3.07. The number of benzene rings is 3. The molecule has 0 unspecified atom stereocenters. The topological polar surface area (TPSA) is 29.5 Å². The summed E-state index contributed by atoms with van der Waals surface area (Å²) in [5.41, 5.74) is 2.78. The van der Waals surface area contributed by atoms with Gasteiger partial charge in [0.15, 0.2) is 0 Å². The van der Waals surface area contributed by atoms with Crippen LogP contribution in [0.2, 0.25) is 0 Å². The van der Waals surface area contributed by atoms with Crippen LogP contribution in [0.5, 0.6) is 11.5 Å². The summed E-state index contributed by atoms with van der Waals surface area (Å²) in [6, 6.07) is 17.7. The summed E-state index contributed by atoms with van der Waals surface area (Å²) in [7, 11) is 1.67. The average Bonchev–Trinajstić information content (AvgIpc) is 2.49.